The Hall–Kier alpha value is -5.52. The standard InChI is InChI=1S/C44H38Cl2N6O4/c45-31-9-3-1-7-29(31)39(53)43(55)51-21-5-11-37(51)41-47-33-19-17-27(23-35(33)49-41)25-13-15-26(16-14-25)28-18-20-34-36(24-28)50-42(48-34)38-12-6-22-52(38)44(56)40(54)30-8-2-4-10-32(30)46/h1-4,7-10,13-20,23-24,37-40,53-54H,5-6,11-12,21-22H2,(H,47,49)(H,48,50)/t37-,38-,39+,40+/m0/s1. The second kappa shape index (κ2) is 14.9. The number of aliphatic hydroxyl groups is 2. The first-order chi connectivity index (χ1) is 27.2. The molecule has 0 aliphatic carbocycles. The van der Waals surface area contributed by atoms with E-state index in [1.165, 1.54) is 0 Å². The van der Waals surface area contributed by atoms with Crippen LogP contribution in [0.5, 0.6) is 0 Å². The van der Waals surface area contributed by atoms with E-state index in [4.69, 9.17) is 33.2 Å². The largest absolute Gasteiger partial charge is 0.378 e. The summed E-state index contributed by atoms with van der Waals surface area (Å²) < 4.78 is 0. The number of hydrogen-bond acceptors (Lipinski definition) is 6. The minimum atomic E-state index is -1.34. The third kappa shape index (κ3) is 6.62. The third-order valence-corrected chi connectivity index (χ3v) is 11.8. The van der Waals surface area contributed by atoms with Crippen LogP contribution in [0.4, 0.5) is 0 Å². The summed E-state index contributed by atoms with van der Waals surface area (Å²) in [6, 6.07) is 33.8. The van der Waals surface area contributed by atoms with Crippen LogP contribution in [0.2, 0.25) is 10.0 Å². The summed E-state index contributed by atoms with van der Waals surface area (Å²) in [4.78, 5) is 46.9. The van der Waals surface area contributed by atoms with Gasteiger partial charge in [0.2, 0.25) is 0 Å². The Morgan fingerprint density at radius 2 is 0.982 bits per heavy atom. The molecule has 5 aromatic carbocycles. The van der Waals surface area contributed by atoms with E-state index in [1.54, 1.807) is 58.3 Å². The molecular formula is C44H38Cl2N6O4. The maximum absolute atomic E-state index is 13.4. The van der Waals surface area contributed by atoms with Gasteiger partial charge in [-0.15, -0.1) is 0 Å². The summed E-state index contributed by atoms with van der Waals surface area (Å²) in [6.07, 6.45) is 0.423. The number of likely N-dealkylation sites (tertiary alicyclic amines) is 2. The van der Waals surface area contributed by atoms with Gasteiger partial charge in [0.25, 0.3) is 11.8 Å². The highest BCUT2D eigenvalue weighted by Gasteiger charge is 2.37. The molecule has 0 unspecified atom stereocenters. The molecule has 2 fully saturated rings. The molecule has 282 valence electrons. The van der Waals surface area contributed by atoms with Crippen LogP contribution in [0.1, 0.15) is 72.8 Å². The van der Waals surface area contributed by atoms with E-state index in [0.29, 0.717) is 45.9 Å². The molecular weight excluding hydrogens is 747 g/mol. The van der Waals surface area contributed by atoms with Crippen LogP contribution in [0, 0.1) is 0 Å². The second-order valence-corrected chi connectivity index (χ2v) is 15.3. The van der Waals surface area contributed by atoms with Gasteiger partial charge in [0.15, 0.2) is 12.2 Å². The first-order valence-corrected chi connectivity index (χ1v) is 19.5. The molecule has 56 heavy (non-hydrogen) atoms. The van der Waals surface area contributed by atoms with Gasteiger partial charge in [0, 0.05) is 34.3 Å². The van der Waals surface area contributed by atoms with Crippen molar-refractivity contribution in [2.45, 2.75) is 50.0 Å². The van der Waals surface area contributed by atoms with Crippen LogP contribution in [0.25, 0.3) is 44.3 Å². The van der Waals surface area contributed by atoms with Crippen LogP contribution in [-0.4, -0.2) is 64.9 Å². The smallest absolute Gasteiger partial charge is 0.256 e. The molecule has 2 aliphatic heterocycles. The Morgan fingerprint density at radius 3 is 1.39 bits per heavy atom. The Kier molecular flexibility index (Phi) is 9.59. The predicted octanol–water partition coefficient (Wildman–Crippen LogP) is 8.87. The van der Waals surface area contributed by atoms with E-state index in [1.807, 2.05) is 24.3 Å². The number of nitrogens with zero attached hydrogens (tertiary/aromatic N) is 4. The highest BCUT2D eigenvalue weighted by atomic mass is 35.5. The number of aromatic amines is 2. The zero-order valence-electron chi connectivity index (χ0n) is 30.2. The van der Waals surface area contributed by atoms with Crippen molar-refractivity contribution in [2.24, 2.45) is 0 Å². The highest BCUT2D eigenvalue weighted by molar-refractivity contribution is 6.32. The average molecular weight is 786 g/mol. The van der Waals surface area contributed by atoms with Gasteiger partial charge < -0.3 is 30.0 Å². The van der Waals surface area contributed by atoms with Crippen molar-refractivity contribution in [1.82, 2.24) is 29.7 Å². The monoisotopic (exact) mass is 784 g/mol. The van der Waals surface area contributed by atoms with Crippen LogP contribution in [0.15, 0.2) is 109 Å². The van der Waals surface area contributed by atoms with E-state index in [2.05, 4.69) is 46.4 Å². The molecule has 12 heteroatoms. The van der Waals surface area contributed by atoms with Crippen LogP contribution < -0.4 is 0 Å². The number of nitrogens with one attached hydrogen (secondary N) is 2. The quantitative estimate of drug-likeness (QED) is 0.122. The molecule has 4 N–H and O–H groups in total. The molecule has 9 rings (SSSR count). The van der Waals surface area contributed by atoms with E-state index >= 15 is 0 Å². The molecule has 10 nitrogen and oxygen atoms in total. The van der Waals surface area contributed by atoms with Gasteiger partial charge in [0.05, 0.1) is 34.2 Å². The normalized spacial score (nSPS) is 18.2. The highest BCUT2D eigenvalue weighted by Crippen LogP contribution is 2.38. The number of fused-ring (bicyclic) bond motifs is 2. The third-order valence-electron chi connectivity index (χ3n) is 11.1. The minimum Gasteiger partial charge on any atom is -0.378 e. The number of amides is 2. The van der Waals surface area contributed by atoms with E-state index in [9.17, 15) is 19.8 Å². The lowest BCUT2D eigenvalue weighted by Crippen LogP contribution is -2.35. The molecule has 2 saturated heterocycles. The van der Waals surface area contributed by atoms with Crippen molar-refractivity contribution in [2.75, 3.05) is 13.1 Å². The number of halogens is 2. The molecule has 4 heterocycles. The summed E-state index contributed by atoms with van der Waals surface area (Å²) in [5, 5.41) is 22.6. The van der Waals surface area contributed by atoms with Crippen molar-refractivity contribution in [3.05, 3.63) is 142 Å². The number of carbonyl (C=O) groups excluding carboxylic acids is 2. The van der Waals surface area contributed by atoms with Gasteiger partial charge in [0.1, 0.15) is 11.6 Å². The lowest BCUT2D eigenvalue weighted by molar-refractivity contribution is -0.142. The van der Waals surface area contributed by atoms with Crippen molar-refractivity contribution >= 4 is 57.1 Å². The van der Waals surface area contributed by atoms with E-state index < -0.39 is 12.2 Å². The topological polar surface area (TPSA) is 138 Å². The number of H-pyrrole nitrogens is 2. The number of aliphatic hydroxyl groups excluding tert-OH is 2. The molecule has 2 aliphatic rings. The van der Waals surface area contributed by atoms with Gasteiger partial charge >= 0.3 is 0 Å². The molecule has 2 aromatic heterocycles. The van der Waals surface area contributed by atoms with Gasteiger partial charge in [-0.2, -0.15) is 0 Å². The van der Waals surface area contributed by atoms with E-state index in [-0.39, 0.29) is 23.9 Å². The molecule has 7 aromatic rings. The van der Waals surface area contributed by atoms with Crippen LogP contribution in [-0.2, 0) is 9.59 Å². The SMILES string of the molecule is O=C([C@H](O)c1ccccc1Cl)N1CCC[C@H]1c1nc2ccc(-c3ccc(-c4ccc5nc([C@@H]6CCCN6C(=O)[C@H](O)c6ccccc6Cl)[nH]c5c4)cc3)cc2[nH]1. The van der Waals surface area contributed by atoms with E-state index in [0.717, 1.165) is 70.0 Å². The molecule has 0 radical (unpaired) electrons. The summed E-state index contributed by atoms with van der Waals surface area (Å²) in [5.41, 5.74) is 8.28. The lowest BCUT2D eigenvalue weighted by Gasteiger charge is -2.26. The summed E-state index contributed by atoms with van der Waals surface area (Å²) >= 11 is 12.6. The fourth-order valence-corrected chi connectivity index (χ4v) is 8.67. The van der Waals surface area contributed by atoms with Crippen LogP contribution >= 0.6 is 23.2 Å². The number of rotatable bonds is 8. The number of aromatic nitrogens is 4. The second-order valence-electron chi connectivity index (χ2n) is 14.5. The Labute approximate surface area is 332 Å². The maximum atomic E-state index is 13.4. The molecule has 2 amide bonds. The Balaban J connectivity index is 0.909. The molecule has 0 bridgehead atoms. The van der Waals surface area contributed by atoms with Crippen molar-refractivity contribution < 1.29 is 19.8 Å². The summed E-state index contributed by atoms with van der Waals surface area (Å²) in [7, 11) is 0. The molecule has 0 saturated carbocycles. The van der Waals surface area contributed by atoms with Crippen molar-refractivity contribution in [3.63, 3.8) is 0 Å². The van der Waals surface area contributed by atoms with Crippen LogP contribution in [0.3, 0.4) is 0 Å². The Bertz CT molecular complexity index is 2430. The predicted molar refractivity (Wildman–Crippen MR) is 217 cm³/mol. The van der Waals surface area contributed by atoms with Gasteiger partial charge in [-0.1, -0.05) is 96.0 Å². The van der Waals surface area contributed by atoms with Crippen molar-refractivity contribution in [3.8, 4) is 22.3 Å². The number of benzene rings is 5. The zero-order valence-corrected chi connectivity index (χ0v) is 31.7. The average Bonchev–Trinajstić information content (AvgIpc) is 4.05. The number of imidazole rings is 2. The summed E-state index contributed by atoms with van der Waals surface area (Å²) in [6.45, 7) is 1.06. The van der Waals surface area contributed by atoms with Gasteiger partial charge in [-0.05, 0) is 84.3 Å². The zero-order chi connectivity index (χ0) is 38.5. The van der Waals surface area contributed by atoms with Gasteiger partial charge in [-0.3, -0.25) is 9.59 Å². The maximum Gasteiger partial charge on any atom is 0.256 e. The Morgan fingerprint density at radius 1 is 0.589 bits per heavy atom. The summed E-state index contributed by atoms with van der Waals surface area (Å²) in [5.74, 6) is 0.632. The lowest BCUT2D eigenvalue weighted by atomic mass is 10.00. The van der Waals surface area contributed by atoms with Gasteiger partial charge in [-0.25, -0.2) is 9.97 Å². The fraction of sp³-hybridized carbons (Fsp3) is 0.227. The fourth-order valence-electron chi connectivity index (χ4n) is 8.19. The first kappa shape index (κ1) is 36.1. The number of hydrogen-bond donors (Lipinski definition) is 4. The first-order valence-electron chi connectivity index (χ1n) is 18.8. The van der Waals surface area contributed by atoms with Crippen molar-refractivity contribution in [1.29, 1.82) is 0 Å². The number of carbonyl (C=O) groups is 2. The minimum absolute atomic E-state index is 0.273. The molecule has 0 spiro atoms. The molecule has 4 atom stereocenters.